The first-order valence-corrected chi connectivity index (χ1v) is 14.1. The van der Waals surface area contributed by atoms with E-state index in [4.69, 9.17) is 21.1 Å². The Morgan fingerprint density at radius 1 is 1.05 bits per heavy atom. The Bertz CT molecular complexity index is 1320. The summed E-state index contributed by atoms with van der Waals surface area (Å²) >= 11 is 6.47. The maximum absolute atomic E-state index is 15.1. The van der Waals surface area contributed by atoms with Gasteiger partial charge in [0.25, 0.3) is 0 Å². The van der Waals surface area contributed by atoms with E-state index in [2.05, 4.69) is 4.90 Å². The molecule has 1 atom stereocenters. The number of benzene rings is 3. The van der Waals surface area contributed by atoms with Crippen molar-refractivity contribution in [3.05, 3.63) is 87.7 Å². The minimum Gasteiger partial charge on any atom is -0.508 e. The summed E-state index contributed by atoms with van der Waals surface area (Å²) in [5.41, 5.74) is 5.75. The summed E-state index contributed by atoms with van der Waals surface area (Å²) in [5.74, 6) is 0.600. The molecule has 0 amide bonds. The Kier molecular flexibility index (Phi) is 10.1. The molecular formula is C33H38ClF2NO3. The normalized spacial score (nSPS) is 17.2. The topological polar surface area (TPSA) is 41.9 Å². The Morgan fingerprint density at radius 3 is 2.58 bits per heavy atom. The Hall–Kier alpha value is -3.09. The molecule has 0 bridgehead atoms. The lowest BCUT2D eigenvalue weighted by molar-refractivity contribution is 0.198. The van der Waals surface area contributed by atoms with Gasteiger partial charge < -0.3 is 14.6 Å². The van der Waals surface area contributed by atoms with E-state index in [9.17, 15) is 9.50 Å². The lowest BCUT2D eigenvalue weighted by Crippen LogP contribution is -2.26. The van der Waals surface area contributed by atoms with E-state index in [-0.39, 0.29) is 36.7 Å². The first kappa shape index (κ1) is 29.9. The van der Waals surface area contributed by atoms with Gasteiger partial charge in [0.1, 0.15) is 17.6 Å². The number of rotatable bonds is 9. The number of nitrogens with zero attached hydrogens (tertiary/aromatic N) is 1. The van der Waals surface area contributed by atoms with Crippen LogP contribution in [0.1, 0.15) is 62.3 Å². The number of likely N-dealkylation sites (tertiary alicyclic amines) is 1. The Morgan fingerprint density at radius 2 is 1.85 bits per heavy atom. The average molecular weight is 570 g/mol. The zero-order valence-electron chi connectivity index (χ0n) is 22.2. The van der Waals surface area contributed by atoms with Gasteiger partial charge >= 0.3 is 0 Å². The van der Waals surface area contributed by atoms with Crippen LogP contribution in [0.5, 0.6) is 17.2 Å². The second-order valence-electron chi connectivity index (χ2n) is 10.1. The SMILES string of the molecule is C.CCOc1c(F)cc(C2=C(c3ccc(O[C@H]4CCN(CCCF)C4)cc3)c3ccc(O)cc3CCC2)cc1Cl. The lowest BCUT2D eigenvalue weighted by atomic mass is 9.87. The summed E-state index contributed by atoms with van der Waals surface area (Å²) in [4.78, 5) is 2.24. The molecule has 7 heteroatoms. The van der Waals surface area contributed by atoms with E-state index in [1.165, 1.54) is 6.07 Å². The summed E-state index contributed by atoms with van der Waals surface area (Å²) in [7, 11) is 0. The van der Waals surface area contributed by atoms with Gasteiger partial charge in [-0.15, -0.1) is 0 Å². The van der Waals surface area contributed by atoms with Crippen LogP contribution in [0.2, 0.25) is 5.02 Å². The molecule has 2 aliphatic rings. The maximum atomic E-state index is 15.1. The van der Waals surface area contributed by atoms with Gasteiger partial charge in [0.15, 0.2) is 11.6 Å². The molecule has 1 heterocycles. The molecule has 0 unspecified atom stereocenters. The smallest absolute Gasteiger partial charge is 0.173 e. The predicted molar refractivity (Wildman–Crippen MR) is 159 cm³/mol. The Balaban J connectivity index is 0.00000370. The fraction of sp³-hybridized carbons (Fsp3) is 0.394. The number of hydrogen-bond donors (Lipinski definition) is 1. The average Bonchev–Trinajstić information content (AvgIpc) is 3.28. The largest absolute Gasteiger partial charge is 0.508 e. The number of aryl methyl sites for hydroxylation is 1. The molecule has 1 aliphatic heterocycles. The van der Waals surface area contributed by atoms with Crippen LogP contribution < -0.4 is 9.47 Å². The molecule has 0 saturated carbocycles. The van der Waals surface area contributed by atoms with Crippen molar-refractivity contribution in [2.24, 2.45) is 0 Å². The zero-order chi connectivity index (χ0) is 27.4. The van der Waals surface area contributed by atoms with Gasteiger partial charge in [0, 0.05) is 19.6 Å². The number of phenols is 1. The molecule has 1 fully saturated rings. The quantitative estimate of drug-likeness (QED) is 0.281. The van der Waals surface area contributed by atoms with Crippen molar-refractivity contribution < 1.29 is 23.4 Å². The second kappa shape index (κ2) is 13.5. The number of fused-ring (bicyclic) bond motifs is 1. The van der Waals surface area contributed by atoms with Crippen LogP contribution in [0.4, 0.5) is 8.78 Å². The predicted octanol–water partition coefficient (Wildman–Crippen LogP) is 8.33. The highest BCUT2D eigenvalue weighted by molar-refractivity contribution is 6.32. The highest BCUT2D eigenvalue weighted by Crippen LogP contribution is 2.43. The standard InChI is InChI=1S/C32H34ClF2NO3.CH4/c1-2-38-32-29(33)18-23(19-30(32)35)27-6-3-5-22-17-24(37)9-12-28(22)31(27)21-7-10-25(11-8-21)39-26-13-16-36(20-26)15-4-14-34;/h7-12,17-19,26,37H,2-6,13-16,20H2,1H3;1H4/t26-;/m0./s1. The van der Waals surface area contributed by atoms with E-state index < -0.39 is 5.82 Å². The maximum Gasteiger partial charge on any atom is 0.173 e. The monoisotopic (exact) mass is 569 g/mol. The molecule has 214 valence electrons. The van der Waals surface area contributed by atoms with Crippen LogP contribution in [0.15, 0.2) is 54.6 Å². The number of allylic oxidation sites excluding steroid dienone is 1. The summed E-state index contributed by atoms with van der Waals surface area (Å²) < 4.78 is 39.3. The number of alkyl halides is 1. The number of aromatic hydroxyl groups is 1. The van der Waals surface area contributed by atoms with Gasteiger partial charge in [-0.3, -0.25) is 9.29 Å². The van der Waals surface area contributed by atoms with Gasteiger partial charge in [-0.1, -0.05) is 37.2 Å². The van der Waals surface area contributed by atoms with Crippen molar-refractivity contribution in [1.29, 1.82) is 0 Å². The third-order valence-electron chi connectivity index (χ3n) is 7.45. The van der Waals surface area contributed by atoms with E-state index in [0.717, 1.165) is 84.5 Å². The van der Waals surface area contributed by atoms with Gasteiger partial charge in [-0.25, -0.2) is 4.39 Å². The van der Waals surface area contributed by atoms with Crippen LogP contribution in [0, 0.1) is 5.82 Å². The van der Waals surface area contributed by atoms with Gasteiger partial charge in [-0.2, -0.15) is 0 Å². The second-order valence-corrected chi connectivity index (χ2v) is 10.6. The van der Waals surface area contributed by atoms with Crippen molar-refractivity contribution in [3.63, 3.8) is 0 Å². The molecule has 0 aromatic heterocycles. The molecule has 3 aromatic rings. The summed E-state index contributed by atoms with van der Waals surface area (Å²) in [6.07, 6.45) is 3.94. The fourth-order valence-corrected chi connectivity index (χ4v) is 5.94. The van der Waals surface area contributed by atoms with Gasteiger partial charge in [0.2, 0.25) is 0 Å². The van der Waals surface area contributed by atoms with Crippen molar-refractivity contribution in [3.8, 4) is 17.2 Å². The number of hydrogen-bond acceptors (Lipinski definition) is 4. The van der Waals surface area contributed by atoms with Gasteiger partial charge in [-0.05, 0) is 109 Å². The van der Waals surface area contributed by atoms with E-state index in [0.29, 0.717) is 13.0 Å². The highest BCUT2D eigenvalue weighted by Gasteiger charge is 2.25. The fourth-order valence-electron chi connectivity index (χ4n) is 5.68. The molecule has 5 rings (SSSR count). The van der Waals surface area contributed by atoms with E-state index >= 15 is 4.39 Å². The first-order valence-electron chi connectivity index (χ1n) is 13.7. The molecule has 0 radical (unpaired) electrons. The van der Waals surface area contributed by atoms with Crippen LogP contribution in [-0.2, 0) is 6.42 Å². The minimum atomic E-state index is -0.484. The molecule has 1 saturated heterocycles. The third kappa shape index (κ3) is 6.61. The Labute approximate surface area is 241 Å². The van der Waals surface area contributed by atoms with Crippen molar-refractivity contribution in [2.75, 3.05) is 32.9 Å². The number of halogens is 3. The molecule has 3 aromatic carbocycles. The first-order chi connectivity index (χ1) is 19.0. The van der Waals surface area contributed by atoms with Crippen molar-refractivity contribution >= 4 is 22.7 Å². The van der Waals surface area contributed by atoms with E-state index in [1.807, 2.05) is 36.4 Å². The van der Waals surface area contributed by atoms with Crippen molar-refractivity contribution in [1.82, 2.24) is 4.90 Å². The molecular weight excluding hydrogens is 532 g/mol. The molecule has 0 spiro atoms. The number of phenolic OH excluding ortho intramolecular Hbond substituents is 1. The third-order valence-corrected chi connectivity index (χ3v) is 7.73. The molecule has 40 heavy (non-hydrogen) atoms. The van der Waals surface area contributed by atoms with E-state index in [1.54, 1.807) is 19.1 Å². The van der Waals surface area contributed by atoms with Crippen LogP contribution in [0.25, 0.3) is 11.1 Å². The summed E-state index contributed by atoms with van der Waals surface area (Å²) in [6, 6.07) is 16.8. The summed E-state index contributed by atoms with van der Waals surface area (Å²) in [5, 5.41) is 10.4. The van der Waals surface area contributed by atoms with Crippen LogP contribution in [-0.4, -0.2) is 49.0 Å². The zero-order valence-corrected chi connectivity index (χ0v) is 22.9. The molecule has 4 nitrogen and oxygen atoms in total. The van der Waals surface area contributed by atoms with Crippen LogP contribution >= 0.6 is 11.6 Å². The lowest BCUT2D eigenvalue weighted by Gasteiger charge is -2.19. The number of ether oxygens (including phenoxy) is 2. The molecule has 1 aliphatic carbocycles. The minimum absolute atomic E-state index is 0. The molecule has 1 N–H and O–H groups in total. The van der Waals surface area contributed by atoms with Crippen molar-refractivity contribution in [2.45, 2.75) is 52.6 Å². The van der Waals surface area contributed by atoms with Gasteiger partial charge in [0.05, 0.1) is 18.3 Å². The highest BCUT2D eigenvalue weighted by atomic mass is 35.5. The summed E-state index contributed by atoms with van der Waals surface area (Å²) in [6.45, 7) is 4.31. The van der Waals surface area contributed by atoms with Crippen LogP contribution in [0.3, 0.4) is 0 Å².